The van der Waals surface area contributed by atoms with Crippen LogP contribution < -0.4 is 10.0 Å². The Morgan fingerprint density at radius 2 is 2.11 bits per heavy atom. The summed E-state index contributed by atoms with van der Waals surface area (Å²) in [6.07, 6.45) is 1.30. The fraction of sp³-hybridized carbons (Fsp3) is 0.389. The van der Waals surface area contributed by atoms with Gasteiger partial charge in [0.05, 0.1) is 6.04 Å². The third-order valence-corrected chi connectivity index (χ3v) is 5.96. The van der Waals surface area contributed by atoms with Crippen LogP contribution >= 0.6 is 0 Å². The number of H-pyrrole nitrogens is 1. The number of nitrogens with zero attached hydrogens (tertiary/aromatic N) is 1. The van der Waals surface area contributed by atoms with Gasteiger partial charge >= 0.3 is 0 Å². The van der Waals surface area contributed by atoms with Crippen LogP contribution in [0.1, 0.15) is 35.9 Å². The molecule has 9 heteroatoms. The van der Waals surface area contributed by atoms with Crippen molar-refractivity contribution in [1.82, 2.24) is 19.9 Å². The summed E-state index contributed by atoms with van der Waals surface area (Å²) in [5.41, 5.74) is 0.874. The number of carbonyl (C=O) groups excluding carboxylic acids is 1. The van der Waals surface area contributed by atoms with Crippen LogP contribution in [0.3, 0.4) is 0 Å². The van der Waals surface area contributed by atoms with Crippen molar-refractivity contribution in [2.24, 2.45) is 0 Å². The normalized spacial score (nSPS) is 18.1. The second-order valence-corrected chi connectivity index (χ2v) is 8.51. The SMILES string of the molecule is CC(C)NS(=O)(=O)c1c[nH]c(C(=O)N2CCNCC2c2cccc(F)c2)c1. The molecule has 1 aromatic heterocycles. The van der Waals surface area contributed by atoms with Crippen LogP contribution in [0.5, 0.6) is 0 Å². The highest BCUT2D eigenvalue weighted by Gasteiger charge is 2.30. The number of benzene rings is 1. The molecule has 0 aliphatic carbocycles. The van der Waals surface area contributed by atoms with E-state index in [0.717, 1.165) is 0 Å². The predicted molar refractivity (Wildman–Crippen MR) is 99.3 cm³/mol. The fourth-order valence-electron chi connectivity index (χ4n) is 3.15. The summed E-state index contributed by atoms with van der Waals surface area (Å²) in [7, 11) is -3.69. The topological polar surface area (TPSA) is 94.3 Å². The van der Waals surface area contributed by atoms with Crippen molar-refractivity contribution < 1.29 is 17.6 Å². The summed E-state index contributed by atoms with van der Waals surface area (Å²) in [6, 6.07) is 6.90. The number of piperazine rings is 1. The third kappa shape index (κ3) is 4.37. The number of sulfonamides is 1. The van der Waals surface area contributed by atoms with Gasteiger partial charge in [-0.05, 0) is 37.6 Å². The summed E-state index contributed by atoms with van der Waals surface area (Å²) in [5.74, 6) is -0.685. The van der Waals surface area contributed by atoms with Crippen LogP contribution in [0.2, 0.25) is 0 Å². The highest BCUT2D eigenvalue weighted by Crippen LogP contribution is 2.25. The maximum Gasteiger partial charge on any atom is 0.270 e. The van der Waals surface area contributed by atoms with E-state index < -0.39 is 10.0 Å². The second-order valence-electron chi connectivity index (χ2n) is 6.80. The van der Waals surface area contributed by atoms with Gasteiger partial charge in [-0.15, -0.1) is 0 Å². The summed E-state index contributed by atoms with van der Waals surface area (Å²) in [6.45, 7) is 4.99. The number of halogens is 1. The van der Waals surface area contributed by atoms with Gasteiger partial charge in [-0.25, -0.2) is 17.5 Å². The van der Waals surface area contributed by atoms with Crippen LogP contribution in [-0.2, 0) is 10.0 Å². The molecular weight excluding hydrogens is 371 g/mol. The Kier molecular flexibility index (Phi) is 5.64. The highest BCUT2D eigenvalue weighted by molar-refractivity contribution is 7.89. The molecule has 1 aliphatic heterocycles. The molecule has 2 aromatic rings. The Hall–Kier alpha value is -2.23. The molecule has 146 valence electrons. The van der Waals surface area contributed by atoms with Crippen LogP contribution in [0.4, 0.5) is 4.39 Å². The molecule has 1 unspecified atom stereocenters. The number of rotatable bonds is 5. The molecule has 1 fully saturated rings. The standard InChI is InChI=1S/C18H23FN4O3S/c1-12(2)22-27(25,26)15-9-16(21-10-15)18(24)23-7-6-20-11-17(23)13-4-3-5-14(19)8-13/h3-5,8-10,12,17,20-22H,6-7,11H2,1-2H3. The van der Waals surface area contributed by atoms with Crippen molar-refractivity contribution in [3.63, 3.8) is 0 Å². The maximum atomic E-state index is 13.6. The molecular formula is C18H23FN4O3S. The molecule has 3 N–H and O–H groups in total. The van der Waals surface area contributed by atoms with E-state index in [1.54, 1.807) is 30.9 Å². The van der Waals surface area contributed by atoms with Crippen molar-refractivity contribution in [1.29, 1.82) is 0 Å². The van der Waals surface area contributed by atoms with E-state index in [-0.39, 0.29) is 34.4 Å². The quantitative estimate of drug-likeness (QED) is 0.718. The first-order valence-corrected chi connectivity index (χ1v) is 10.2. The van der Waals surface area contributed by atoms with E-state index in [1.807, 2.05) is 0 Å². The molecule has 1 amide bonds. The summed E-state index contributed by atoms with van der Waals surface area (Å²) in [5, 5.41) is 3.21. The number of amides is 1. The van der Waals surface area contributed by atoms with Gasteiger partial charge in [-0.3, -0.25) is 4.79 Å². The number of carbonyl (C=O) groups is 1. The first-order chi connectivity index (χ1) is 12.8. The minimum atomic E-state index is -3.69. The zero-order valence-electron chi connectivity index (χ0n) is 15.2. The lowest BCUT2D eigenvalue weighted by molar-refractivity contribution is 0.0628. The Balaban J connectivity index is 1.86. The minimum absolute atomic E-state index is 0.0111. The number of hydrogen-bond acceptors (Lipinski definition) is 4. The van der Waals surface area contributed by atoms with E-state index in [0.29, 0.717) is 25.2 Å². The first kappa shape index (κ1) is 19.5. The van der Waals surface area contributed by atoms with Crippen molar-refractivity contribution >= 4 is 15.9 Å². The van der Waals surface area contributed by atoms with Gasteiger partial charge in [0.2, 0.25) is 10.0 Å². The first-order valence-electron chi connectivity index (χ1n) is 8.76. The third-order valence-electron chi connectivity index (χ3n) is 4.33. The smallest absolute Gasteiger partial charge is 0.270 e. The molecule has 2 heterocycles. The van der Waals surface area contributed by atoms with Crippen molar-refractivity contribution in [2.45, 2.75) is 30.8 Å². The summed E-state index contributed by atoms with van der Waals surface area (Å²) < 4.78 is 40.6. The zero-order valence-corrected chi connectivity index (χ0v) is 16.0. The number of aromatic nitrogens is 1. The van der Waals surface area contributed by atoms with Gasteiger partial charge in [0.1, 0.15) is 16.4 Å². The van der Waals surface area contributed by atoms with Gasteiger partial charge in [0.15, 0.2) is 0 Å². The van der Waals surface area contributed by atoms with Crippen molar-refractivity contribution in [3.05, 3.63) is 53.6 Å². The average Bonchev–Trinajstić information content (AvgIpc) is 3.11. The summed E-state index contributed by atoms with van der Waals surface area (Å²) >= 11 is 0. The number of nitrogens with one attached hydrogen (secondary N) is 3. The van der Waals surface area contributed by atoms with Crippen molar-refractivity contribution in [2.75, 3.05) is 19.6 Å². The minimum Gasteiger partial charge on any atom is -0.356 e. The molecule has 0 saturated carbocycles. The van der Waals surface area contributed by atoms with E-state index in [2.05, 4.69) is 15.0 Å². The van der Waals surface area contributed by atoms with Gasteiger partial charge in [-0.2, -0.15) is 0 Å². The molecule has 1 atom stereocenters. The molecule has 0 spiro atoms. The Labute approximate surface area is 158 Å². The number of hydrogen-bond donors (Lipinski definition) is 3. The highest BCUT2D eigenvalue weighted by atomic mass is 32.2. The molecule has 0 bridgehead atoms. The van der Waals surface area contributed by atoms with E-state index in [9.17, 15) is 17.6 Å². The van der Waals surface area contributed by atoms with E-state index in [1.165, 1.54) is 24.4 Å². The molecule has 1 aromatic carbocycles. The van der Waals surface area contributed by atoms with Crippen LogP contribution in [0, 0.1) is 5.82 Å². The lowest BCUT2D eigenvalue weighted by Crippen LogP contribution is -2.48. The predicted octanol–water partition coefficient (Wildman–Crippen LogP) is 1.63. The zero-order chi connectivity index (χ0) is 19.6. The maximum absolute atomic E-state index is 13.6. The second kappa shape index (κ2) is 7.79. The van der Waals surface area contributed by atoms with Gasteiger partial charge in [-0.1, -0.05) is 12.1 Å². The molecule has 7 nitrogen and oxygen atoms in total. The van der Waals surface area contributed by atoms with E-state index >= 15 is 0 Å². The Morgan fingerprint density at radius 3 is 2.81 bits per heavy atom. The Bertz CT molecular complexity index is 926. The molecule has 1 saturated heterocycles. The monoisotopic (exact) mass is 394 g/mol. The van der Waals surface area contributed by atoms with Crippen LogP contribution in [0.15, 0.2) is 41.4 Å². The fourth-order valence-corrected chi connectivity index (χ4v) is 4.39. The van der Waals surface area contributed by atoms with Crippen LogP contribution in [0.25, 0.3) is 0 Å². The van der Waals surface area contributed by atoms with Gasteiger partial charge < -0.3 is 15.2 Å². The van der Waals surface area contributed by atoms with Gasteiger partial charge in [0.25, 0.3) is 5.91 Å². The average molecular weight is 394 g/mol. The molecule has 27 heavy (non-hydrogen) atoms. The van der Waals surface area contributed by atoms with Crippen molar-refractivity contribution in [3.8, 4) is 0 Å². The molecule has 3 rings (SSSR count). The lowest BCUT2D eigenvalue weighted by atomic mass is 10.0. The lowest BCUT2D eigenvalue weighted by Gasteiger charge is -2.36. The largest absolute Gasteiger partial charge is 0.356 e. The van der Waals surface area contributed by atoms with Gasteiger partial charge in [0, 0.05) is 31.9 Å². The molecule has 0 radical (unpaired) electrons. The molecule has 1 aliphatic rings. The number of aromatic amines is 1. The van der Waals surface area contributed by atoms with Crippen LogP contribution in [-0.4, -0.2) is 49.9 Å². The summed E-state index contributed by atoms with van der Waals surface area (Å²) in [4.78, 5) is 17.4. The van der Waals surface area contributed by atoms with E-state index in [4.69, 9.17) is 0 Å². The Morgan fingerprint density at radius 1 is 1.33 bits per heavy atom.